The summed E-state index contributed by atoms with van der Waals surface area (Å²) in [4.78, 5) is 38.8. The second-order valence-electron chi connectivity index (χ2n) is 6.62. The molecule has 3 amide bonds. The number of nitrogens with one attached hydrogen (secondary N) is 1. The van der Waals surface area contributed by atoms with Crippen LogP contribution in [0.15, 0.2) is 42.5 Å². The summed E-state index contributed by atoms with van der Waals surface area (Å²) >= 11 is 0. The molecule has 1 saturated heterocycles. The van der Waals surface area contributed by atoms with Crippen molar-refractivity contribution in [1.29, 1.82) is 0 Å². The van der Waals surface area contributed by atoms with Gasteiger partial charge in [0.25, 0.3) is 17.7 Å². The van der Waals surface area contributed by atoms with Crippen LogP contribution in [0.3, 0.4) is 0 Å². The van der Waals surface area contributed by atoms with Crippen molar-refractivity contribution in [3.63, 3.8) is 0 Å². The summed E-state index contributed by atoms with van der Waals surface area (Å²) in [6.45, 7) is 0.886. The van der Waals surface area contributed by atoms with E-state index in [1.54, 1.807) is 12.1 Å². The van der Waals surface area contributed by atoms with Gasteiger partial charge >= 0.3 is 0 Å². The van der Waals surface area contributed by atoms with E-state index in [4.69, 9.17) is 4.74 Å². The van der Waals surface area contributed by atoms with Gasteiger partial charge in [-0.25, -0.2) is 0 Å². The number of aromatic hydroxyl groups is 1. The molecular formula is C20H18N2O5. The average molecular weight is 366 g/mol. The topological polar surface area (TPSA) is 95.9 Å². The molecule has 2 N–H and O–H groups in total. The maximum Gasteiger partial charge on any atom is 0.261 e. The van der Waals surface area contributed by atoms with Crippen molar-refractivity contribution in [3.8, 4) is 5.75 Å². The number of hydrogen-bond donors (Lipinski definition) is 2. The molecule has 138 valence electrons. The molecule has 7 heteroatoms. The third-order valence-electron chi connectivity index (χ3n) is 4.77. The van der Waals surface area contributed by atoms with Crippen LogP contribution >= 0.6 is 0 Å². The first kappa shape index (κ1) is 17.2. The molecule has 7 nitrogen and oxygen atoms in total. The van der Waals surface area contributed by atoms with Crippen LogP contribution in [0.4, 0.5) is 5.69 Å². The Morgan fingerprint density at radius 1 is 1.11 bits per heavy atom. The lowest BCUT2D eigenvalue weighted by atomic mass is 10.1. The van der Waals surface area contributed by atoms with Gasteiger partial charge < -0.3 is 15.2 Å². The van der Waals surface area contributed by atoms with E-state index in [-0.39, 0.29) is 35.4 Å². The molecule has 1 unspecified atom stereocenters. The second-order valence-corrected chi connectivity index (χ2v) is 6.62. The fourth-order valence-corrected chi connectivity index (χ4v) is 3.34. The highest BCUT2D eigenvalue weighted by Gasteiger charge is 2.37. The third-order valence-corrected chi connectivity index (χ3v) is 4.77. The number of rotatable bonds is 4. The molecule has 1 atom stereocenters. The predicted molar refractivity (Wildman–Crippen MR) is 96.8 cm³/mol. The summed E-state index contributed by atoms with van der Waals surface area (Å²) in [5, 5.41) is 12.0. The molecule has 0 saturated carbocycles. The van der Waals surface area contributed by atoms with Gasteiger partial charge in [0.15, 0.2) is 0 Å². The summed E-state index contributed by atoms with van der Waals surface area (Å²) in [5.41, 5.74) is 1.33. The van der Waals surface area contributed by atoms with Crippen LogP contribution < -0.4 is 5.32 Å². The maximum atomic E-state index is 12.7. The molecule has 2 aromatic carbocycles. The lowest BCUT2D eigenvalue weighted by molar-refractivity contribution is 0.0475. The fourth-order valence-electron chi connectivity index (χ4n) is 3.34. The van der Waals surface area contributed by atoms with Gasteiger partial charge in [0.2, 0.25) is 0 Å². The fraction of sp³-hybridized carbons (Fsp3) is 0.250. The smallest absolute Gasteiger partial charge is 0.261 e. The number of hydrogen-bond acceptors (Lipinski definition) is 5. The lowest BCUT2D eigenvalue weighted by Crippen LogP contribution is -2.36. The quantitative estimate of drug-likeness (QED) is 0.640. The molecule has 2 aliphatic rings. The molecule has 1 fully saturated rings. The summed E-state index contributed by atoms with van der Waals surface area (Å²) in [5.74, 6) is -1.05. The first-order valence-electron chi connectivity index (χ1n) is 8.75. The van der Waals surface area contributed by atoms with Crippen LogP contribution in [0.25, 0.3) is 0 Å². The number of phenolic OH excluding ortho intramolecular Hbond substituents is 1. The van der Waals surface area contributed by atoms with E-state index in [1.165, 1.54) is 35.2 Å². The minimum absolute atomic E-state index is 0.0981. The molecule has 0 radical (unpaired) electrons. The molecule has 4 rings (SSSR count). The third kappa shape index (κ3) is 3.29. The van der Waals surface area contributed by atoms with Gasteiger partial charge in [-0.1, -0.05) is 0 Å². The average Bonchev–Trinajstić information content (AvgIpc) is 3.26. The Kier molecular flexibility index (Phi) is 4.37. The Bertz CT molecular complexity index is 916. The Labute approximate surface area is 155 Å². The van der Waals surface area contributed by atoms with E-state index in [1.807, 2.05) is 0 Å². The number of benzene rings is 2. The highest BCUT2D eigenvalue weighted by Crippen LogP contribution is 2.26. The van der Waals surface area contributed by atoms with E-state index in [0.717, 1.165) is 12.8 Å². The highest BCUT2D eigenvalue weighted by molar-refractivity contribution is 6.22. The lowest BCUT2D eigenvalue weighted by Gasteiger charge is -2.17. The number of fused-ring (bicyclic) bond motifs is 1. The van der Waals surface area contributed by atoms with Crippen LogP contribution in [0.2, 0.25) is 0 Å². The summed E-state index contributed by atoms with van der Waals surface area (Å²) in [7, 11) is 0. The minimum atomic E-state index is -0.402. The summed E-state index contributed by atoms with van der Waals surface area (Å²) in [6.07, 6.45) is 1.63. The van der Waals surface area contributed by atoms with E-state index in [2.05, 4.69) is 5.32 Å². The molecule has 0 spiro atoms. The maximum absolute atomic E-state index is 12.7. The molecule has 2 aromatic rings. The predicted octanol–water partition coefficient (Wildman–Crippen LogP) is 2.42. The minimum Gasteiger partial charge on any atom is -0.508 e. The number of nitrogens with zero attached hydrogens (tertiary/aromatic N) is 1. The van der Waals surface area contributed by atoms with E-state index in [0.29, 0.717) is 17.9 Å². The van der Waals surface area contributed by atoms with Gasteiger partial charge in [-0.2, -0.15) is 0 Å². The zero-order valence-corrected chi connectivity index (χ0v) is 14.5. The molecule has 2 aliphatic heterocycles. The van der Waals surface area contributed by atoms with Crippen molar-refractivity contribution in [1.82, 2.24) is 4.90 Å². The van der Waals surface area contributed by atoms with Crippen LogP contribution in [0.1, 0.15) is 43.9 Å². The van der Waals surface area contributed by atoms with Crippen LogP contribution in [0, 0.1) is 0 Å². The Morgan fingerprint density at radius 2 is 1.85 bits per heavy atom. The van der Waals surface area contributed by atoms with Gasteiger partial charge in [-0.15, -0.1) is 0 Å². The molecular weight excluding hydrogens is 348 g/mol. The molecule has 27 heavy (non-hydrogen) atoms. The molecule has 0 aromatic heterocycles. The zero-order valence-electron chi connectivity index (χ0n) is 14.5. The number of imide groups is 1. The van der Waals surface area contributed by atoms with Gasteiger partial charge in [-0.05, 0) is 55.3 Å². The first-order chi connectivity index (χ1) is 13.0. The van der Waals surface area contributed by atoms with E-state index in [9.17, 15) is 19.5 Å². The van der Waals surface area contributed by atoms with Crippen LogP contribution in [0.5, 0.6) is 5.75 Å². The number of amides is 3. The van der Waals surface area contributed by atoms with Gasteiger partial charge in [-0.3, -0.25) is 19.3 Å². The van der Waals surface area contributed by atoms with Crippen molar-refractivity contribution >= 4 is 23.4 Å². The number of carbonyl (C=O) groups excluding carboxylic acids is 3. The van der Waals surface area contributed by atoms with Crippen molar-refractivity contribution in [2.24, 2.45) is 0 Å². The number of phenols is 1. The summed E-state index contributed by atoms with van der Waals surface area (Å²) < 4.78 is 5.52. The van der Waals surface area contributed by atoms with Crippen LogP contribution in [-0.4, -0.2) is 47.0 Å². The Hall–Kier alpha value is -3.19. The largest absolute Gasteiger partial charge is 0.508 e. The van der Waals surface area contributed by atoms with E-state index >= 15 is 0 Å². The van der Waals surface area contributed by atoms with Gasteiger partial charge in [0.1, 0.15) is 5.75 Å². The SMILES string of the molecule is O=C(Nc1ccc(O)cc1)c1ccc2c(c1)C(=O)N(CC1CCCO1)C2=O. The van der Waals surface area contributed by atoms with Gasteiger partial charge in [0.05, 0.1) is 23.8 Å². The number of ether oxygens (including phenoxy) is 1. The van der Waals surface area contributed by atoms with Gasteiger partial charge in [0, 0.05) is 17.9 Å². The monoisotopic (exact) mass is 366 g/mol. The molecule has 0 aliphatic carbocycles. The van der Waals surface area contributed by atoms with E-state index < -0.39 is 11.8 Å². The first-order valence-corrected chi connectivity index (χ1v) is 8.75. The summed E-state index contributed by atoms with van der Waals surface area (Å²) in [6, 6.07) is 10.5. The second kappa shape index (κ2) is 6.85. The standard InChI is InChI=1S/C20H18N2O5/c23-14-6-4-13(5-7-14)21-18(24)12-3-8-16-17(10-12)20(26)22(19(16)25)11-15-2-1-9-27-15/h3-8,10,15,23H,1-2,9,11H2,(H,21,24). The van der Waals surface area contributed by atoms with Crippen molar-refractivity contribution in [2.45, 2.75) is 18.9 Å². The van der Waals surface area contributed by atoms with Crippen molar-refractivity contribution in [3.05, 3.63) is 59.2 Å². The molecule has 2 heterocycles. The Morgan fingerprint density at radius 3 is 2.56 bits per heavy atom. The van der Waals surface area contributed by atoms with Crippen molar-refractivity contribution < 1.29 is 24.2 Å². The highest BCUT2D eigenvalue weighted by atomic mass is 16.5. The number of anilines is 1. The molecule has 0 bridgehead atoms. The van der Waals surface area contributed by atoms with Crippen LogP contribution in [-0.2, 0) is 4.74 Å². The Balaban J connectivity index is 1.53. The zero-order chi connectivity index (χ0) is 19.0. The normalized spacial score (nSPS) is 18.7. The van der Waals surface area contributed by atoms with Crippen molar-refractivity contribution in [2.75, 3.05) is 18.5 Å². The number of carbonyl (C=O) groups is 3.